The number of halogens is 3. The van der Waals surface area contributed by atoms with Gasteiger partial charge >= 0.3 is 0 Å². The second-order valence-electron chi connectivity index (χ2n) is 10.0. The number of carbonyl (C=O) groups excluding carboxylic acids is 3. The fourth-order valence-electron chi connectivity index (χ4n) is 4.37. The molecule has 0 saturated heterocycles. The minimum absolute atomic E-state index is 0.103. The topological polar surface area (TPSA) is 101 Å². The Morgan fingerprint density at radius 3 is 2.45 bits per heavy atom. The van der Waals surface area contributed by atoms with Gasteiger partial charge in [0, 0.05) is 55.4 Å². The van der Waals surface area contributed by atoms with E-state index in [0.717, 1.165) is 23.2 Å². The highest BCUT2D eigenvalue weighted by Crippen LogP contribution is 2.27. The number of ether oxygens (including phenoxy) is 1. The normalized spacial score (nSPS) is 11.1. The molecule has 1 heterocycles. The summed E-state index contributed by atoms with van der Waals surface area (Å²) < 4.78 is 34.5. The number of nitrogens with one attached hydrogen (secondary N) is 3. The van der Waals surface area contributed by atoms with Gasteiger partial charge in [-0.25, -0.2) is 8.78 Å². The summed E-state index contributed by atoms with van der Waals surface area (Å²) in [5.41, 5.74) is 2.25. The van der Waals surface area contributed by atoms with Crippen molar-refractivity contribution < 1.29 is 27.9 Å². The molecule has 3 N–H and O–H groups in total. The van der Waals surface area contributed by atoms with Gasteiger partial charge in [-0.05, 0) is 60.5 Å². The van der Waals surface area contributed by atoms with Gasteiger partial charge in [-0.1, -0.05) is 31.5 Å². The van der Waals surface area contributed by atoms with Gasteiger partial charge in [0.2, 0.25) is 5.91 Å². The number of carbonyl (C=O) groups is 3. The van der Waals surface area contributed by atoms with Crippen molar-refractivity contribution in [2.45, 2.75) is 33.4 Å². The summed E-state index contributed by atoms with van der Waals surface area (Å²) in [6.07, 6.45) is 0.608. The first-order chi connectivity index (χ1) is 20.1. The SMILES string of the molecule is COCCCn1c(C(=O)Nc2ccc(F)cc2F)cc2cc(NC(=O)c3cc(CNC(=O)C(C)C)ccc3Cl)ccc21. The van der Waals surface area contributed by atoms with Gasteiger partial charge in [-0.3, -0.25) is 14.4 Å². The standard InChI is InChI=1S/C31H31ClF2N4O4/c1-18(2)29(39)35-17-19-5-8-24(32)23(13-19)30(40)36-22-7-10-27-20(14-22)15-28(38(27)11-4-12-42-3)31(41)37-26-9-6-21(33)16-25(26)34/h5-10,13-16,18H,4,11-12,17H2,1-3H3,(H,35,39)(H,36,40)(H,37,41). The molecule has 42 heavy (non-hydrogen) atoms. The van der Waals surface area contributed by atoms with Crippen LogP contribution in [0.15, 0.2) is 60.7 Å². The second kappa shape index (κ2) is 13.6. The third-order valence-electron chi connectivity index (χ3n) is 6.57. The van der Waals surface area contributed by atoms with Gasteiger partial charge in [0.15, 0.2) is 0 Å². The molecule has 0 unspecified atom stereocenters. The van der Waals surface area contributed by atoms with Gasteiger partial charge < -0.3 is 25.3 Å². The molecule has 0 aliphatic carbocycles. The molecule has 8 nitrogen and oxygen atoms in total. The average Bonchev–Trinajstić information content (AvgIpc) is 3.31. The highest BCUT2D eigenvalue weighted by atomic mass is 35.5. The molecule has 4 aromatic rings. The van der Waals surface area contributed by atoms with Crippen LogP contribution in [0.4, 0.5) is 20.2 Å². The van der Waals surface area contributed by atoms with E-state index in [1.807, 2.05) is 0 Å². The number of amides is 3. The molecule has 0 atom stereocenters. The smallest absolute Gasteiger partial charge is 0.272 e. The summed E-state index contributed by atoms with van der Waals surface area (Å²) in [6.45, 7) is 4.74. The van der Waals surface area contributed by atoms with Crippen LogP contribution in [0.5, 0.6) is 0 Å². The highest BCUT2D eigenvalue weighted by Gasteiger charge is 2.19. The van der Waals surface area contributed by atoms with Crippen LogP contribution in [0.25, 0.3) is 10.9 Å². The minimum Gasteiger partial charge on any atom is -0.385 e. The Labute approximate surface area is 247 Å². The molecule has 0 saturated carbocycles. The third kappa shape index (κ3) is 7.32. The lowest BCUT2D eigenvalue weighted by Crippen LogP contribution is -2.27. The van der Waals surface area contributed by atoms with Crippen molar-refractivity contribution in [1.82, 2.24) is 9.88 Å². The fraction of sp³-hybridized carbons (Fsp3) is 0.258. The van der Waals surface area contributed by atoms with Gasteiger partial charge in [0.05, 0.1) is 16.3 Å². The molecule has 3 aromatic carbocycles. The van der Waals surface area contributed by atoms with Crippen molar-refractivity contribution in [2.24, 2.45) is 5.92 Å². The Bertz CT molecular complexity index is 1640. The number of methoxy groups -OCH3 is 1. The molecule has 3 amide bonds. The maximum absolute atomic E-state index is 14.2. The second-order valence-corrected chi connectivity index (χ2v) is 10.4. The number of hydrogen-bond acceptors (Lipinski definition) is 4. The van der Waals surface area contributed by atoms with Crippen molar-refractivity contribution in [1.29, 1.82) is 0 Å². The fourth-order valence-corrected chi connectivity index (χ4v) is 4.57. The summed E-state index contributed by atoms with van der Waals surface area (Å²) in [6, 6.07) is 14.7. The summed E-state index contributed by atoms with van der Waals surface area (Å²) in [5, 5.41) is 9.07. The Morgan fingerprint density at radius 2 is 1.74 bits per heavy atom. The molecule has 0 spiro atoms. The molecule has 0 aliphatic heterocycles. The monoisotopic (exact) mass is 596 g/mol. The lowest BCUT2D eigenvalue weighted by Gasteiger charge is -2.12. The number of nitrogens with zero attached hydrogens (tertiary/aromatic N) is 1. The minimum atomic E-state index is -0.888. The number of fused-ring (bicyclic) bond motifs is 1. The van der Waals surface area contributed by atoms with Crippen LogP contribution in [0.2, 0.25) is 5.02 Å². The van der Waals surface area contributed by atoms with Crippen LogP contribution in [-0.2, 0) is 22.6 Å². The van der Waals surface area contributed by atoms with Crippen LogP contribution in [0, 0.1) is 17.6 Å². The molecule has 4 rings (SSSR count). The Kier molecular flexibility index (Phi) is 9.92. The van der Waals surface area contributed by atoms with Crippen LogP contribution < -0.4 is 16.0 Å². The summed E-state index contributed by atoms with van der Waals surface area (Å²) in [7, 11) is 1.58. The molecule has 1 aromatic heterocycles. The Hall–Kier alpha value is -4.28. The first kappa shape index (κ1) is 30.7. The lowest BCUT2D eigenvalue weighted by atomic mass is 10.1. The van der Waals surface area contributed by atoms with Gasteiger partial charge in [-0.15, -0.1) is 0 Å². The molecular weight excluding hydrogens is 566 g/mol. The maximum Gasteiger partial charge on any atom is 0.272 e. The van der Waals surface area contributed by atoms with Gasteiger partial charge in [-0.2, -0.15) is 0 Å². The van der Waals surface area contributed by atoms with Crippen LogP contribution >= 0.6 is 11.6 Å². The molecule has 0 bridgehead atoms. The van der Waals surface area contributed by atoms with Gasteiger partial charge in [0.1, 0.15) is 17.3 Å². The van der Waals surface area contributed by atoms with Crippen LogP contribution in [-0.4, -0.2) is 36.0 Å². The van der Waals surface area contributed by atoms with Crippen molar-refractivity contribution in [3.8, 4) is 0 Å². The number of benzene rings is 3. The van der Waals surface area contributed by atoms with Crippen LogP contribution in [0.3, 0.4) is 0 Å². The highest BCUT2D eigenvalue weighted by molar-refractivity contribution is 6.34. The largest absolute Gasteiger partial charge is 0.385 e. The zero-order chi connectivity index (χ0) is 30.4. The summed E-state index contributed by atoms with van der Waals surface area (Å²) in [4.78, 5) is 38.3. The van der Waals surface area contributed by atoms with Crippen LogP contribution in [0.1, 0.15) is 46.7 Å². The number of anilines is 2. The summed E-state index contributed by atoms with van der Waals surface area (Å²) in [5.74, 6) is -2.93. The van der Waals surface area contributed by atoms with E-state index in [-0.39, 0.29) is 40.3 Å². The van der Waals surface area contributed by atoms with E-state index in [1.165, 1.54) is 0 Å². The zero-order valence-electron chi connectivity index (χ0n) is 23.4. The molecular formula is C31H31ClF2N4O4. The predicted octanol–water partition coefficient (Wildman–Crippen LogP) is 6.39. The zero-order valence-corrected chi connectivity index (χ0v) is 24.1. The number of rotatable bonds is 11. The number of hydrogen-bond donors (Lipinski definition) is 3. The van der Waals surface area contributed by atoms with Crippen molar-refractivity contribution in [2.75, 3.05) is 24.4 Å². The first-order valence-corrected chi connectivity index (χ1v) is 13.7. The summed E-state index contributed by atoms with van der Waals surface area (Å²) >= 11 is 6.32. The number of aryl methyl sites for hydroxylation is 1. The maximum atomic E-state index is 14.2. The molecule has 0 aliphatic rings. The van der Waals surface area contributed by atoms with Crippen molar-refractivity contribution in [3.05, 3.63) is 94.1 Å². The van der Waals surface area contributed by atoms with Crippen molar-refractivity contribution >= 4 is 51.6 Å². The predicted molar refractivity (Wildman–Crippen MR) is 159 cm³/mol. The quantitative estimate of drug-likeness (QED) is 0.175. The third-order valence-corrected chi connectivity index (χ3v) is 6.90. The Morgan fingerprint density at radius 1 is 0.952 bits per heavy atom. The van der Waals surface area contributed by atoms with E-state index < -0.39 is 23.4 Å². The van der Waals surface area contributed by atoms with E-state index >= 15 is 0 Å². The average molecular weight is 597 g/mol. The first-order valence-electron chi connectivity index (χ1n) is 13.3. The van der Waals surface area contributed by atoms with E-state index in [2.05, 4.69) is 16.0 Å². The van der Waals surface area contributed by atoms with Gasteiger partial charge in [0.25, 0.3) is 11.8 Å². The molecule has 11 heteroatoms. The van der Waals surface area contributed by atoms with E-state index in [1.54, 1.807) is 68.0 Å². The van der Waals surface area contributed by atoms with Crippen molar-refractivity contribution in [3.63, 3.8) is 0 Å². The van der Waals surface area contributed by atoms with E-state index in [0.29, 0.717) is 36.7 Å². The molecule has 0 fully saturated rings. The molecule has 0 radical (unpaired) electrons. The number of aromatic nitrogens is 1. The van der Waals surface area contributed by atoms with E-state index in [4.69, 9.17) is 16.3 Å². The van der Waals surface area contributed by atoms with E-state index in [9.17, 15) is 23.2 Å². The lowest BCUT2D eigenvalue weighted by molar-refractivity contribution is -0.124. The Balaban J connectivity index is 1.58. The molecule has 220 valence electrons.